The van der Waals surface area contributed by atoms with E-state index in [2.05, 4.69) is 16.8 Å². The molecule has 1 saturated heterocycles. The number of carbonyl (C=O) groups is 1. The van der Waals surface area contributed by atoms with Gasteiger partial charge in [-0.25, -0.2) is 0 Å². The molecule has 1 aromatic rings. The summed E-state index contributed by atoms with van der Waals surface area (Å²) in [4.78, 5) is 28.2. The number of hydrogen-bond acceptors (Lipinski definition) is 4. The number of methoxy groups -OCH3 is 1. The van der Waals surface area contributed by atoms with E-state index in [1.165, 1.54) is 13.2 Å². The van der Waals surface area contributed by atoms with Crippen molar-refractivity contribution in [3.8, 4) is 5.75 Å². The molecular weight excluding hydrogens is 272 g/mol. The number of aliphatic carboxylic acids is 1. The van der Waals surface area contributed by atoms with Gasteiger partial charge in [-0.1, -0.05) is 13.3 Å². The fourth-order valence-electron chi connectivity index (χ4n) is 3.02. The summed E-state index contributed by atoms with van der Waals surface area (Å²) >= 11 is 0. The van der Waals surface area contributed by atoms with Crippen molar-refractivity contribution in [2.45, 2.75) is 26.3 Å². The van der Waals surface area contributed by atoms with Crippen LogP contribution in [0.3, 0.4) is 0 Å². The number of carboxylic acids is 1. The van der Waals surface area contributed by atoms with Gasteiger partial charge >= 0.3 is 5.97 Å². The molecule has 21 heavy (non-hydrogen) atoms. The zero-order valence-corrected chi connectivity index (χ0v) is 12.5. The molecule has 1 aromatic heterocycles. The SMILES string of the molecule is CCC[C@@H]1CN(Cc2cc(=O)c(OC)c[nH]2)C[C@H]1C(=O)O. The van der Waals surface area contributed by atoms with Gasteiger partial charge in [-0.2, -0.15) is 0 Å². The average molecular weight is 294 g/mol. The highest BCUT2D eigenvalue weighted by molar-refractivity contribution is 5.71. The van der Waals surface area contributed by atoms with Gasteiger partial charge in [-0.15, -0.1) is 0 Å². The van der Waals surface area contributed by atoms with Crippen LogP contribution in [0.15, 0.2) is 17.1 Å². The number of likely N-dealkylation sites (tertiary alicyclic amines) is 1. The number of pyridine rings is 1. The summed E-state index contributed by atoms with van der Waals surface area (Å²) < 4.78 is 4.93. The Morgan fingerprint density at radius 2 is 2.29 bits per heavy atom. The Morgan fingerprint density at radius 3 is 2.86 bits per heavy atom. The van der Waals surface area contributed by atoms with Gasteiger partial charge in [0.15, 0.2) is 5.75 Å². The van der Waals surface area contributed by atoms with Crippen molar-refractivity contribution in [2.24, 2.45) is 11.8 Å². The number of nitrogens with one attached hydrogen (secondary N) is 1. The molecule has 0 spiro atoms. The molecule has 6 nitrogen and oxygen atoms in total. The first kappa shape index (κ1) is 15.6. The van der Waals surface area contributed by atoms with Crippen LogP contribution in [0.1, 0.15) is 25.5 Å². The van der Waals surface area contributed by atoms with Gasteiger partial charge in [-0.3, -0.25) is 14.5 Å². The third-order valence-electron chi connectivity index (χ3n) is 4.04. The minimum atomic E-state index is -0.723. The zero-order valence-electron chi connectivity index (χ0n) is 12.5. The molecule has 6 heteroatoms. The molecule has 2 atom stereocenters. The highest BCUT2D eigenvalue weighted by Gasteiger charge is 2.36. The van der Waals surface area contributed by atoms with E-state index >= 15 is 0 Å². The first-order chi connectivity index (χ1) is 10.0. The number of rotatable bonds is 6. The van der Waals surface area contributed by atoms with Crippen LogP contribution < -0.4 is 10.2 Å². The number of hydrogen-bond donors (Lipinski definition) is 2. The van der Waals surface area contributed by atoms with Crippen molar-refractivity contribution >= 4 is 5.97 Å². The first-order valence-electron chi connectivity index (χ1n) is 7.26. The monoisotopic (exact) mass is 294 g/mol. The van der Waals surface area contributed by atoms with Gasteiger partial charge in [-0.05, 0) is 12.3 Å². The summed E-state index contributed by atoms with van der Waals surface area (Å²) in [5.74, 6) is -0.556. The second-order valence-corrected chi connectivity index (χ2v) is 5.58. The van der Waals surface area contributed by atoms with E-state index in [0.717, 1.165) is 25.1 Å². The van der Waals surface area contributed by atoms with E-state index < -0.39 is 5.97 Å². The molecule has 0 aromatic carbocycles. The predicted octanol–water partition coefficient (Wildman–Crippen LogP) is 1.32. The van der Waals surface area contributed by atoms with Gasteiger partial charge in [0.05, 0.1) is 13.0 Å². The van der Waals surface area contributed by atoms with E-state index in [-0.39, 0.29) is 23.0 Å². The summed E-state index contributed by atoms with van der Waals surface area (Å²) in [5.41, 5.74) is 0.618. The lowest BCUT2D eigenvalue weighted by molar-refractivity contribution is -0.142. The molecule has 0 unspecified atom stereocenters. The third kappa shape index (κ3) is 3.64. The van der Waals surface area contributed by atoms with Crippen molar-refractivity contribution in [1.29, 1.82) is 0 Å². The Kier molecular flexibility index (Phi) is 5.01. The van der Waals surface area contributed by atoms with E-state index in [9.17, 15) is 14.7 Å². The van der Waals surface area contributed by atoms with Crippen LogP contribution in [0.25, 0.3) is 0 Å². The van der Waals surface area contributed by atoms with Crippen LogP contribution in [0.2, 0.25) is 0 Å². The van der Waals surface area contributed by atoms with Gasteiger partial charge in [0.1, 0.15) is 0 Å². The van der Waals surface area contributed by atoms with E-state index in [4.69, 9.17) is 4.74 Å². The van der Waals surface area contributed by atoms with Crippen LogP contribution in [0.4, 0.5) is 0 Å². The maximum atomic E-state index is 11.7. The normalized spacial score (nSPS) is 22.4. The third-order valence-corrected chi connectivity index (χ3v) is 4.04. The number of aromatic amines is 1. The Morgan fingerprint density at radius 1 is 1.52 bits per heavy atom. The number of H-pyrrole nitrogens is 1. The highest BCUT2D eigenvalue weighted by Crippen LogP contribution is 2.28. The van der Waals surface area contributed by atoms with E-state index in [1.807, 2.05) is 0 Å². The van der Waals surface area contributed by atoms with Gasteiger partial charge in [0.2, 0.25) is 5.43 Å². The predicted molar refractivity (Wildman–Crippen MR) is 78.4 cm³/mol. The summed E-state index contributed by atoms with van der Waals surface area (Å²) in [7, 11) is 1.46. The molecule has 1 aliphatic heterocycles. The average Bonchev–Trinajstić information content (AvgIpc) is 2.82. The van der Waals surface area contributed by atoms with Crippen molar-refractivity contribution < 1.29 is 14.6 Å². The maximum absolute atomic E-state index is 11.7. The summed E-state index contributed by atoms with van der Waals surface area (Å²) in [6.07, 6.45) is 3.46. The summed E-state index contributed by atoms with van der Waals surface area (Å²) in [6, 6.07) is 1.52. The molecule has 0 saturated carbocycles. The fraction of sp³-hybridized carbons (Fsp3) is 0.600. The second-order valence-electron chi connectivity index (χ2n) is 5.58. The summed E-state index contributed by atoms with van der Waals surface area (Å²) in [6.45, 7) is 3.93. The Hall–Kier alpha value is -1.82. The second kappa shape index (κ2) is 6.76. The topological polar surface area (TPSA) is 82.6 Å². The molecule has 2 heterocycles. The molecule has 116 valence electrons. The van der Waals surface area contributed by atoms with Crippen LogP contribution in [0.5, 0.6) is 5.75 Å². The number of aromatic nitrogens is 1. The maximum Gasteiger partial charge on any atom is 0.308 e. The lowest BCUT2D eigenvalue weighted by Crippen LogP contribution is -2.24. The number of carboxylic acid groups (broad SMARTS) is 1. The van der Waals surface area contributed by atoms with Crippen LogP contribution in [-0.4, -0.2) is 41.2 Å². The standard InChI is InChI=1S/C15H22N2O4/c1-3-4-10-7-17(9-12(10)15(19)20)8-11-5-13(18)14(21-2)6-16-11/h5-6,10,12H,3-4,7-9H2,1-2H3,(H,16,18)(H,19,20)/t10-,12-/m1/s1. The van der Waals surface area contributed by atoms with E-state index in [0.29, 0.717) is 13.1 Å². The largest absolute Gasteiger partial charge is 0.491 e. The molecular formula is C15H22N2O4. The number of nitrogens with zero attached hydrogens (tertiary/aromatic N) is 1. The van der Waals surface area contributed by atoms with Crippen molar-refractivity contribution in [2.75, 3.05) is 20.2 Å². The molecule has 1 aliphatic rings. The van der Waals surface area contributed by atoms with Crippen LogP contribution >= 0.6 is 0 Å². The van der Waals surface area contributed by atoms with Crippen LogP contribution in [-0.2, 0) is 11.3 Å². The van der Waals surface area contributed by atoms with Crippen molar-refractivity contribution in [1.82, 2.24) is 9.88 Å². The molecule has 0 radical (unpaired) electrons. The lowest BCUT2D eigenvalue weighted by Gasteiger charge is -2.15. The first-order valence-corrected chi connectivity index (χ1v) is 7.26. The van der Waals surface area contributed by atoms with Gasteiger partial charge in [0.25, 0.3) is 0 Å². The minimum Gasteiger partial charge on any atom is -0.491 e. The highest BCUT2D eigenvalue weighted by atomic mass is 16.5. The van der Waals surface area contributed by atoms with E-state index in [1.54, 1.807) is 6.20 Å². The van der Waals surface area contributed by atoms with Crippen molar-refractivity contribution in [3.05, 3.63) is 28.2 Å². The summed E-state index contributed by atoms with van der Waals surface area (Å²) in [5, 5.41) is 9.31. The van der Waals surface area contributed by atoms with Crippen molar-refractivity contribution in [3.63, 3.8) is 0 Å². The molecule has 0 bridgehead atoms. The molecule has 2 N–H and O–H groups in total. The Balaban J connectivity index is 2.05. The zero-order chi connectivity index (χ0) is 15.4. The molecule has 0 amide bonds. The van der Waals surface area contributed by atoms with Gasteiger partial charge < -0.3 is 14.8 Å². The number of ether oxygens (including phenoxy) is 1. The molecule has 1 fully saturated rings. The fourth-order valence-corrected chi connectivity index (χ4v) is 3.02. The minimum absolute atomic E-state index is 0.162. The molecule has 0 aliphatic carbocycles. The smallest absolute Gasteiger partial charge is 0.308 e. The quantitative estimate of drug-likeness (QED) is 0.826. The lowest BCUT2D eigenvalue weighted by atomic mass is 9.92. The van der Waals surface area contributed by atoms with Crippen LogP contribution in [0, 0.1) is 11.8 Å². The Bertz CT molecular complexity index is 555. The molecule has 2 rings (SSSR count). The van der Waals surface area contributed by atoms with Gasteiger partial charge in [0, 0.05) is 37.6 Å². The Labute approximate surface area is 123 Å².